The smallest absolute Gasteiger partial charge is 0.411 e. The third-order valence-electron chi connectivity index (χ3n) is 2.91. The Labute approximate surface area is 133 Å². The van der Waals surface area contributed by atoms with Gasteiger partial charge in [0, 0.05) is 0 Å². The highest BCUT2D eigenvalue weighted by atomic mass is 31.2. The minimum Gasteiger partial charge on any atom is -0.453 e. The van der Waals surface area contributed by atoms with Gasteiger partial charge in [-0.3, -0.25) is 4.57 Å². The number of ether oxygens (including phenoxy) is 2. The van der Waals surface area contributed by atoms with Gasteiger partial charge in [-0.15, -0.1) is 0 Å². The van der Waals surface area contributed by atoms with Crippen molar-refractivity contribution < 1.29 is 28.5 Å². The summed E-state index contributed by atoms with van der Waals surface area (Å²) in [4.78, 5) is 32.9. The average Bonchev–Trinajstić information content (AvgIpc) is 2.59. The summed E-state index contributed by atoms with van der Waals surface area (Å²) in [6.07, 6.45) is 0. The molecular formula is C16H15O6P. The van der Waals surface area contributed by atoms with Gasteiger partial charge < -0.3 is 14.4 Å². The molecule has 0 bridgehead atoms. The second-order valence-corrected chi connectivity index (χ2v) is 6.54. The molecule has 0 radical (unpaired) electrons. The van der Waals surface area contributed by atoms with Gasteiger partial charge in [0.15, 0.2) is 0 Å². The van der Waals surface area contributed by atoms with Crippen LogP contribution >= 0.6 is 7.37 Å². The van der Waals surface area contributed by atoms with E-state index in [1.54, 1.807) is 60.7 Å². The first-order valence-corrected chi connectivity index (χ1v) is 8.41. The van der Waals surface area contributed by atoms with Crippen LogP contribution in [0.3, 0.4) is 0 Å². The predicted molar refractivity (Wildman–Crippen MR) is 83.1 cm³/mol. The average molecular weight is 334 g/mol. The molecule has 23 heavy (non-hydrogen) atoms. The lowest BCUT2D eigenvalue weighted by atomic mass is 10.2. The minimum absolute atomic E-state index is 0.198. The number of carbonyl (C=O) groups excluding carboxylic acids is 2. The van der Waals surface area contributed by atoms with Crippen molar-refractivity contribution in [2.75, 3.05) is 0 Å². The van der Waals surface area contributed by atoms with Crippen LogP contribution in [0.15, 0.2) is 60.7 Å². The Hall–Kier alpha value is -2.43. The topological polar surface area (TPSA) is 89.9 Å². The van der Waals surface area contributed by atoms with Crippen molar-refractivity contribution in [3.8, 4) is 0 Å². The number of rotatable bonds is 6. The van der Waals surface area contributed by atoms with Crippen molar-refractivity contribution in [3.05, 3.63) is 71.8 Å². The molecule has 0 saturated carbocycles. The fraction of sp³-hybridized carbons (Fsp3) is 0.125. The Bertz CT molecular complexity index is 654. The van der Waals surface area contributed by atoms with Gasteiger partial charge in [0.2, 0.25) is 0 Å². The highest BCUT2D eigenvalue weighted by Crippen LogP contribution is 2.45. The largest absolute Gasteiger partial charge is 0.453 e. The Morgan fingerprint density at radius 3 is 1.48 bits per heavy atom. The Morgan fingerprint density at radius 1 is 0.783 bits per heavy atom. The highest BCUT2D eigenvalue weighted by Gasteiger charge is 2.42. The second-order valence-electron chi connectivity index (χ2n) is 4.66. The first-order chi connectivity index (χ1) is 11.0. The van der Waals surface area contributed by atoms with E-state index in [0.29, 0.717) is 11.1 Å². The summed E-state index contributed by atoms with van der Waals surface area (Å²) in [5, 5.41) is 0. The fourth-order valence-electron chi connectivity index (χ4n) is 1.69. The van der Waals surface area contributed by atoms with Gasteiger partial charge in [-0.05, 0) is 11.1 Å². The lowest BCUT2D eigenvalue weighted by Crippen LogP contribution is -2.12. The zero-order valence-electron chi connectivity index (χ0n) is 12.1. The quantitative estimate of drug-likeness (QED) is 0.805. The van der Waals surface area contributed by atoms with Crippen molar-refractivity contribution >= 4 is 18.8 Å². The van der Waals surface area contributed by atoms with E-state index in [4.69, 9.17) is 9.47 Å². The third-order valence-corrected chi connectivity index (χ3v) is 4.15. The lowest BCUT2D eigenvalue weighted by Gasteiger charge is -2.11. The number of hydrogen-bond acceptors (Lipinski definition) is 5. The van der Waals surface area contributed by atoms with Crippen LogP contribution < -0.4 is 0 Å². The molecule has 0 aliphatic heterocycles. The fourth-order valence-corrected chi connectivity index (χ4v) is 2.32. The predicted octanol–water partition coefficient (Wildman–Crippen LogP) is 3.93. The van der Waals surface area contributed by atoms with Crippen LogP contribution in [0.25, 0.3) is 0 Å². The number of hydrogen-bond donors (Lipinski definition) is 1. The maximum Gasteiger partial charge on any atom is 0.411 e. The molecule has 2 aromatic rings. The van der Waals surface area contributed by atoms with Crippen LogP contribution in [0, 0.1) is 0 Å². The van der Waals surface area contributed by atoms with Gasteiger partial charge in [-0.1, -0.05) is 60.7 Å². The molecule has 0 atom stereocenters. The van der Waals surface area contributed by atoms with Gasteiger partial charge in [-0.2, -0.15) is 0 Å². The van der Waals surface area contributed by atoms with Gasteiger partial charge in [0.25, 0.3) is 0 Å². The van der Waals surface area contributed by atoms with E-state index in [1.165, 1.54) is 0 Å². The van der Waals surface area contributed by atoms with Crippen molar-refractivity contribution in [1.29, 1.82) is 0 Å². The zero-order chi connectivity index (χ0) is 16.7. The summed E-state index contributed by atoms with van der Waals surface area (Å²) in [7, 11) is -4.87. The van der Waals surface area contributed by atoms with E-state index >= 15 is 0 Å². The molecule has 0 aliphatic carbocycles. The summed E-state index contributed by atoms with van der Waals surface area (Å²) < 4.78 is 21.3. The molecule has 2 aromatic carbocycles. The first kappa shape index (κ1) is 16.9. The molecule has 0 spiro atoms. The van der Waals surface area contributed by atoms with E-state index in [2.05, 4.69) is 0 Å². The maximum atomic E-state index is 11.9. The molecule has 120 valence electrons. The molecule has 6 nitrogen and oxygen atoms in total. The Kier molecular flexibility index (Phi) is 5.68. The van der Waals surface area contributed by atoms with Gasteiger partial charge in [0.1, 0.15) is 13.2 Å². The number of carbonyl (C=O) groups is 2. The van der Waals surface area contributed by atoms with Crippen LogP contribution in [0.5, 0.6) is 0 Å². The maximum absolute atomic E-state index is 11.9. The van der Waals surface area contributed by atoms with Crippen LogP contribution in [-0.2, 0) is 27.3 Å². The molecule has 0 fully saturated rings. The Balaban J connectivity index is 1.90. The summed E-state index contributed by atoms with van der Waals surface area (Å²) >= 11 is 0. The third kappa shape index (κ3) is 4.77. The van der Waals surface area contributed by atoms with E-state index in [-0.39, 0.29) is 13.2 Å². The molecule has 2 rings (SSSR count). The van der Waals surface area contributed by atoms with Crippen LogP contribution in [0.4, 0.5) is 9.59 Å². The van der Waals surface area contributed by atoms with E-state index < -0.39 is 18.8 Å². The van der Waals surface area contributed by atoms with Gasteiger partial charge in [-0.25, -0.2) is 9.59 Å². The van der Waals surface area contributed by atoms with Crippen molar-refractivity contribution in [2.45, 2.75) is 13.2 Å². The lowest BCUT2D eigenvalue weighted by molar-refractivity contribution is 0.151. The molecule has 0 amide bonds. The van der Waals surface area contributed by atoms with E-state index in [0.717, 1.165) is 0 Å². The van der Waals surface area contributed by atoms with Crippen molar-refractivity contribution in [3.63, 3.8) is 0 Å². The summed E-state index contributed by atoms with van der Waals surface area (Å²) in [6, 6.07) is 17.2. The SMILES string of the molecule is O=C(OCc1ccccc1)P(=O)(O)C(=O)OCc1ccccc1. The van der Waals surface area contributed by atoms with Crippen molar-refractivity contribution in [1.82, 2.24) is 0 Å². The van der Waals surface area contributed by atoms with E-state index in [1.807, 2.05) is 0 Å². The molecular weight excluding hydrogens is 319 g/mol. The Morgan fingerprint density at radius 2 is 1.13 bits per heavy atom. The monoisotopic (exact) mass is 334 g/mol. The summed E-state index contributed by atoms with van der Waals surface area (Å²) in [5.41, 5.74) is -1.70. The van der Waals surface area contributed by atoms with Crippen LogP contribution in [-0.4, -0.2) is 16.3 Å². The molecule has 0 heterocycles. The molecule has 7 heteroatoms. The molecule has 1 N–H and O–H groups in total. The minimum atomic E-state index is -4.87. The molecule has 0 saturated heterocycles. The van der Waals surface area contributed by atoms with Gasteiger partial charge in [0.05, 0.1) is 0 Å². The highest BCUT2D eigenvalue weighted by molar-refractivity contribution is 7.88. The molecule has 0 aromatic heterocycles. The van der Waals surface area contributed by atoms with Crippen LogP contribution in [0.2, 0.25) is 0 Å². The normalized spacial score (nSPS) is 10.8. The van der Waals surface area contributed by atoms with Crippen molar-refractivity contribution in [2.24, 2.45) is 0 Å². The molecule has 0 aliphatic rings. The number of benzene rings is 2. The summed E-state index contributed by atoms with van der Waals surface area (Å²) in [5.74, 6) is 0. The van der Waals surface area contributed by atoms with Gasteiger partial charge >= 0.3 is 18.8 Å². The van der Waals surface area contributed by atoms with Crippen LogP contribution in [0.1, 0.15) is 11.1 Å². The second kappa shape index (κ2) is 7.72. The summed E-state index contributed by atoms with van der Waals surface area (Å²) in [6.45, 7) is -0.396. The zero-order valence-corrected chi connectivity index (χ0v) is 13.0. The molecule has 0 unspecified atom stereocenters. The first-order valence-electron chi connectivity index (χ1n) is 6.75. The van der Waals surface area contributed by atoms with E-state index in [9.17, 15) is 19.0 Å². The standard InChI is InChI=1S/C16H15O6P/c17-15(21-11-13-7-3-1-4-8-13)23(19,20)16(18)22-12-14-9-5-2-6-10-14/h1-10H,11-12H2,(H,19,20).